The lowest BCUT2D eigenvalue weighted by Crippen LogP contribution is -2.41. The highest BCUT2D eigenvalue weighted by Gasteiger charge is 2.35. The Balaban J connectivity index is 0.000000260. The summed E-state index contributed by atoms with van der Waals surface area (Å²) < 4.78 is 19.3. The van der Waals surface area contributed by atoms with Gasteiger partial charge in [0.05, 0.1) is 6.26 Å². The Labute approximate surface area is 150 Å². The van der Waals surface area contributed by atoms with Gasteiger partial charge in [-0.3, -0.25) is 0 Å². The van der Waals surface area contributed by atoms with Crippen molar-refractivity contribution in [3.63, 3.8) is 0 Å². The summed E-state index contributed by atoms with van der Waals surface area (Å²) in [5.74, 6) is -2.35. The molecule has 2 aromatic rings. The number of hydrogen-bond acceptors (Lipinski definition) is 4. The smallest absolute Gasteiger partial charge is 0.328 e. The van der Waals surface area contributed by atoms with E-state index >= 15 is 0 Å². The molecule has 7 heteroatoms. The van der Waals surface area contributed by atoms with Crippen LogP contribution in [-0.4, -0.2) is 35.2 Å². The molecular formula is C19H22FNO5. The fourth-order valence-electron chi connectivity index (χ4n) is 3.22. The van der Waals surface area contributed by atoms with Crippen LogP contribution in [-0.2, 0) is 9.59 Å². The molecular weight excluding hydrogens is 341 g/mol. The van der Waals surface area contributed by atoms with Crippen molar-refractivity contribution >= 4 is 22.9 Å². The molecule has 1 aliphatic heterocycles. The molecule has 6 nitrogen and oxygen atoms in total. The van der Waals surface area contributed by atoms with Crippen molar-refractivity contribution in [1.82, 2.24) is 5.32 Å². The van der Waals surface area contributed by atoms with E-state index in [1.165, 1.54) is 6.07 Å². The van der Waals surface area contributed by atoms with E-state index in [4.69, 9.17) is 14.6 Å². The van der Waals surface area contributed by atoms with Gasteiger partial charge in [-0.25, -0.2) is 14.0 Å². The molecule has 140 valence electrons. The van der Waals surface area contributed by atoms with Crippen LogP contribution in [0.25, 0.3) is 11.0 Å². The number of hydrogen-bond donors (Lipinski definition) is 3. The van der Waals surface area contributed by atoms with Gasteiger partial charge in [-0.2, -0.15) is 0 Å². The summed E-state index contributed by atoms with van der Waals surface area (Å²) in [5.41, 5.74) is 1.98. The minimum absolute atomic E-state index is 0.117. The minimum Gasteiger partial charge on any atom is -0.478 e. The monoisotopic (exact) mass is 363 g/mol. The Morgan fingerprint density at radius 2 is 1.92 bits per heavy atom. The number of aliphatic carboxylic acids is 2. The van der Waals surface area contributed by atoms with Crippen molar-refractivity contribution in [3.8, 4) is 0 Å². The van der Waals surface area contributed by atoms with Gasteiger partial charge in [0.15, 0.2) is 0 Å². The van der Waals surface area contributed by atoms with Gasteiger partial charge >= 0.3 is 11.9 Å². The zero-order valence-electron chi connectivity index (χ0n) is 14.7. The molecule has 0 radical (unpaired) electrons. The van der Waals surface area contributed by atoms with Gasteiger partial charge in [-0.15, -0.1) is 0 Å². The summed E-state index contributed by atoms with van der Waals surface area (Å²) in [6.07, 6.45) is 3.78. The SMILES string of the molecule is CC1(C)CNCCC1c1cc(F)cc2ccoc12.O=C(O)/C=C/C(=O)O. The van der Waals surface area contributed by atoms with Crippen LogP contribution in [0.15, 0.2) is 41.0 Å². The van der Waals surface area contributed by atoms with Gasteiger partial charge in [0.1, 0.15) is 11.4 Å². The standard InChI is InChI=1S/C15H18FNO.C4H4O4/c1-15(2)9-17-5-3-13(15)12-8-11(16)7-10-4-6-18-14(10)12;5-3(6)1-2-4(7)8/h4,6-8,13,17H,3,5,9H2,1-2H3;1-2H,(H,5,6)(H,7,8)/b;2-1+. The topological polar surface area (TPSA) is 99.8 Å². The molecule has 1 unspecified atom stereocenters. The van der Waals surface area contributed by atoms with Gasteiger partial charge in [0.2, 0.25) is 0 Å². The van der Waals surface area contributed by atoms with Crippen molar-refractivity contribution < 1.29 is 28.6 Å². The van der Waals surface area contributed by atoms with Gasteiger partial charge in [-0.05, 0) is 42.5 Å². The Morgan fingerprint density at radius 1 is 1.27 bits per heavy atom. The van der Waals surface area contributed by atoms with Gasteiger partial charge in [0, 0.05) is 29.6 Å². The summed E-state index contributed by atoms with van der Waals surface area (Å²) in [4.78, 5) is 19.1. The third-order valence-corrected chi connectivity index (χ3v) is 4.42. The van der Waals surface area contributed by atoms with E-state index in [-0.39, 0.29) is 11.2 Å². The molecule has 1 aromatic carbocycles. The van der Waals surface area contributed by atoms with Gasteiger partial charge < -0.3 is 19.9 Å². The number of carboxylic acids is 2. The molecule has 2 heterocycles. The predicted octanol–water partition coefficient (Wildman–Crippen LogP) is 3.39. The molecule has 0 saturated carbocycles. The van der Waals surface area contributed by atoms with Crippen molar-refractivity contribution in [3.05, 3.63) is 48.0 Å². The second-order valence-corrected chi connectivity index (χ2v) is 6.85. The van der Waals surface area contributed by atoms with Crippen molar-refractivity contribution in [2.45, 2.75) is 26.2 Å². The number of halogens is 1. The number of benzene rings is 1. The molecule has 1 fully saturated rings. The maximum Gasteiger partial charge on any atom is 0.328 e. The summed E-state index contributed by atoms with van der Waals surface area (Å²) in [7, 11) is 0. The molecule has 1 aromatic heterocycles. The first-order valence-corrected chi connectivity index (χ1v) is 8.22. The lowest BCUT2D eigenvalue weighted by Gasteiger charge is -2.39. The van der Waals surface area contributed by atoms with Crippen LogP contribution >= 0.6 is 0 Å². The highest BCUT2D eigenvalue weighted by atomic mass is 19.1. The van der Waals surface area contributed by atoms with E-state index in [0.717, 1.165) is 36.0 Å². The highest BCUT2D eigenvalue weighted by molar-refractivity contribution is 5.89. The molecule has 3 N–H and O–H groups in total. The molecule has 0 amide bonds. The Bertz CT molecular complexity index is 808. The first-order valence-electron chi connectivity index (χ1n) is 8.22. The first kappa shape index (κ1) is 19.7. The zero-order valence-corrected chi connectivity index (χ0v) is 14.7. The lowest BCUT2D eigenvalue weighted by molar-refractivity contribution is -0.134. The molecule has 0 bridgehead atoms. The van der Waals surface area contributed by atoms with Crippen LogP contribution in [0, 0.1) is 11.2 Å². The van der Waals surface area contributed by atoms with Crippen LogP contribution in [0.4, 0.5) is 4.39 Å². The van der Waals surface area contributed by atoms with E-state index in [1.54, 1.807) is 12.3 Å². The molecule has 3 rings (SSSR count). The lowest BCUT2D eigenvalue weighted by atomic mass is 9.71. The Hall–Kier alpha value is -2.67. The molecule has 1 aliphatic rings. The van der Waals surface area contributed by atoms with Gasteiger partial charge in [0.25, 0.3) is 0 Å². The number of carbonyl (C=O) groups is 2. The van der Waals surface area contributed by atoms with E-state index in [9.17, 15) is 14.0 Å². The highest BCUT2D eigenvalue weighted by Crippen LogP contribution is 2.42. The average molecular weight is 363 g/mol. The van der Waals surface area contributed by atoms with Crippen molar-refractivity contribution in [2.24, 2.45) is 5.41 Å². The molecule has 1 saturated heterocycles. The third-order valence-electron chi connectivity index (χ3n) is 4.42. The van der Waals surface area contributed by atoms with Gasteiger partial charge in [-0.1, -0.05) is 13.8 Å². The largest absolute Gasteiger partial charge is 0.478 e. The minimum atomic E-state index is -1.26. The average Bonchev–Trinajstić information content (AvgIpc) is 3.01. The molecule has 0 spiro atoms. The van der Waals surface area contributed by atoms with Crippen LogP contribution in [0.3, 0.4) is 0 Å². The maximum absolute atomic E-state index is 13.7. The summed E-state index contributed by atoms with van der Waals surface area (Å²) >= 11 is 0. The molecule has 1 atom stereocenters. The fourth-order valence-corrected chi connectivity index (χ4v) is 3.22. The van der Waals surface area contributed by atoms with Crippen LogP contribution in [0.2, 0.25) is 0 Å². The summed E-state index contributed by atoms with van der Waals surface area (Å²) in [6.45, 7) is 6.39. The second-order valence-electron chi connectivity index (χ2n) is 6.85. The van der Waals surface area contributed by atoms with E-state index < -0.39 is 11.9 Å². The summed E-state index contributed by atoms with van der Waals surface area (Å²) in [6, 6.07) is 5.01. The number of furan rings is 1. The zero-order chi connectivity index (χ0) is 19.3. The Kier molecular flexibility index (Phi) is 6.15. The van der Waals surface area contributed by atoms with Crippen LogP contribution < -0.4 is 5.32 Å². The number of fused-ring (bicyclic) bond motifs is 1. The first-order chi connectivity index (χ1) is 12.2. The number of piperidine rings is 1. The second kappa shape index (κ2) is 8.14. The van der Waals surface area contributed by atoms with E-state index in [0.29, 0.717) is 18.1 Å². The van der Waals surface area contributed by atoms with Crippen molar-refractivity contribution in [2.75, 3.05) is 13.1 Å². The van der Waals surface area contributed by atoms with E-state index in [1.807, 2.05) is 6.07 Å². The van der Waals surface area contributed by atoms with Crippen LogP contribution in [0.1, 0.15) is 31.7 Å². The van der Waals surface area contributed by atoms with Crippen LogP contribution in [0.5, 0.6) is 0 Å². The van der Waals surface area contributed by atoms with Crippen molar-refractivity contribution in [1.29, 1.82) is 0 Å². The number of rotatable bonds is 3. The predicted molar refractivity (Wildman–Crippen MR) is 94.6 cm³/mol. The normalized spacial score (nSPS) is 19.1. The van der Waals surface area contributed by atoms with E-state index in [2.05, 4.69) is 19.2 Å². The number of nitrogens with one attached hydrogen (secondary N) is 1. The third kappa shape index (κ3) is 4.92. The molecule has 0 aliphatic carbocycles. The molecule has 26 heavy (non-hydrogen) atoms. The summed E-state index contributed by atoms with van der Waals surface area (Å²) in [5, 5.41) is 19.9. The Morgan fingerprint density at radius 3 is 2.50 bits per heavy atom. The maximum atomic E-state index is 13.7. The quantitative estimate of drug-likeness (QED) is 0.723. The fraction of sp³-hybridized carbons (Fsp3) is 0.368. The number of carboxylic acid groups (broad SMARTS) is 2.